The Labute approximate surface area is 222 Å². The van der Waals surface area contributed by atoms with E-state index in [4.69, 9.17) is 29.3 Å². The Hall–Kier alpha value is -3.26. The average molecular weight is 484 g/mol. The molecule has 7 nitrogen and oxygen atoms in total. The van der Waals surface area contributed by atoms with Crippen LogP contribution in [-0.2, 0) is 22.6 Å². The van der Waals surface area contributed by atoms with Gasteiger partial charge in [-0.15, -0.1) is 0 Å². The lowest BCUT2D eigenvalue weighted by Crippen LogP contribution is -2.25. The van der Waals surface area contributed by atoms with Gasteiger partial charge in [-0.2, -0.15) is 0 Å². The molecule has 2 aliphatic rings. The largest absolute Gasteiger partial charge is 0.492 e. The minimum absolute atomic E-state index is 0.000792. The number of aromatic nitrogens is 2. The van der Waals surface area contributed by atoms with Crippen molar-refractivity contribution >= 4 is 11.6 Å². The van der Waals surface area contributed by atoms with Crippen LogP contribution in [0, 0.1) is 0 Å². The Kier molecular flexibility index (Phi) is 4.68. The van der Waals surface area contributed by atoms with Crippen LogP contribution in [0.3, 0.4) is 0 Å². The van der Waals surface area contributed by atoms with E-state index in [1.54, 1.807) is 23.1 Å². The molecule has 1 aromatic heterocycles. The van der Waals surface area contributed by atoms with Gasteiger partial charge in [0.2, 0.25) is 5.95 Å². The molecule has 0 atom stereocenters. The van der Waals surface area contributed by atoms with Crippen molar-refractivity contribution in [3.05, 3.63) is 78.0 Å². The molecule has 35 heavy (non-hydrogen) atoms. The van der Waals surface area contributed by atoms with E-state index in [2.05, 4.69) is 15.3 Å². The third-order valence-corrected chi connectivity index (χ3v) is 5.16. The van der Waals surface area contributed by atoms with E-state index >= 15 is 0 Å². The van der Waals surface area contributed by atoms with Crippen LogP contribution in [0.5, 0.6) is 5.75 Å². The lowest BCUT2D eigenvalue weighted by atomic mass is 10.1. The Morgan fingerprint density at radius 3 is 2.94 bits per heavy atom. The minimum Gasteiger partial charge on any atom is -0.492 e. The highest BCUT2D eigenvalue weighted by Crippen LogP contribution is 2.26. The summed E-state index contributed by atoms with van der Waals surface area (Å²) in [4.78, 5) is 10.2. The maximum atomic E-state index is 8.70. The summed E-state index contributed by atoms with van der Waals surface area (Å²) in [6.07, 6.45) is -2.11. The second kappa shape index (κ2) is 11.9. The third kappa shape index (κ3) is 6.66. The molecule has 1 saturated heterocycles. The first-order valence-corrected chi connectivity index (χ1v) is 11.1. The second-order valence-corrected chi connectivity index (χ2v) is 7.67. The molecule has 3 heterocycles. The molecule has 6 bridgehead atoms. The molecule has 2 aromatic carbocycles. The van der Waals surface area contributed by atoms with Gasteiger partial charge in [-0.05, 0) is 61.7 Å². The molecule has 7 heteroatoms. The number of benzene rings is 2. The van der Waals surface area contributed by atoms with Crippen LogP contribution in [0.25, 0.3) is 11.3 Å². The van der Waals surface area contributed by atoms with Crippen molar-refractivity contribution < 1.29 is 29.3 Å². The molecule has 0 amide bonds. The molecule has 182 valence electrons. The van der Waals surface area contributed by atoms with Crippen molar-refractivity contribution in [2.75, 3.05) is 44.7 Å². The van der Waals surface area contributed by atoms with Gasteiger partial charge in [0.15, 0.2) is 0 Å². The summed E-state index contributed by atoms with van der Waals surface area (Å²) in [7, 11) is 0. The fourth-order valence-corrected chi connectivity index (χ4v) is 3.44. The fourth-order valence-electron chi connectivity index (χ4n) is 3.44. The molecule has 5 rings (SSSR count). The van der Waals surface area contributed by atoms with Crippen molar-refractivity contribution in [3.63, 3.8) is 0 Å². The lowest BCUT2D eigenvalue weighted by Gasteiger charge is -2.17. The highest BCUT2D eigenvalue weighted by molar-refractivity contribution is 5.63. The van der Waals surface area contributed by atoms with E-state index < -0.39 is 32.4 Å². The molecule has 0 radical (unpaired) electrons. The zero-order valence-electron chi connectivity index (χ0n) is 29.9. The van der Waals surface area contributed by atoms with Crippen molar-refractivity contribution in [3.8, 4) is 17.0 Å². The monoisotopic (exact) mass is 483 g/mol. The van der Waals surface area contributed by atoms with Gasteiger partial charge in [-0.1, -0.05) is 30.4 Å². The van der Waals surface area contributed by atoms with Gasteiger partial charge in [-0.25, -0.2) is 9.97 Å². The van der Waals surface area contributed by atoms with Gasteiger partial charge >= 0.3 is 0 Å². The average Bonchev–Trinajstić information content (AvgIpc) is 3.16. The molecule has 0 aliphatic carbocycles. The molecule has 1 N–H and O–H groups in total. The summed E-state index contributed by atoms with van der Waals surface area (Å²) in [6.45, 7) is -8.28. The van der Waals surface area contributed by atoms with E-state index in [-0.39, 0.29) is 67.5 Å². The van der Waals surface area contributed by atoms with Crippen LogP contribution < -0.4 is 10.1 Å². The quantitative estimate of drug-likeness (QED) is 0.526. The van der Waals surface area contributed by atoms with Crippen molar-refractivity contribution in [2.24, 2.45) is 0 Å². The van der Waals surface area contributed by atoms with Gasteiger partial charge in [-0.3, -0.25) is 4.90 Å². The van der Waals surface area contributed by atoms with Crippen LogP contribution in [0.1, 0.15) is 39.0 Å². The number of hydrogen-bond donors (Lipinski definition) is 1. The maximum absolute atomic E-state index is 8.70. The highest BCUT2D eigenvalue weighted by atomic mass is 16.5. The molecule has 2 aliphatic heterocycles. The lowest BCUT2D eigenvalue weighted by molar-refractivity contribution is 0.138. The standard InChI is InChI=1S/C28H32N4O3/c1-2-13-32(12-1)14-17-35-27-9-8-25-19-24(27)21-34-16-4-3-15-33-20-22-6-5-7-23(18-22)26-10-11-29-28(30-25)31-26/h3-11,18-19H,1-2,12-17,20-21H2,(H,29,30,31)/b4-3+/i1D2,2D2,11D,16D2,20D2,21D2. The molecule has 3 aromatic rings. The van der Waals surface area contributed by atoms with E-state index in [0.29, 0.717) is 11.3 Å². The Balaban J connectivity index is 1.50. The van der Waals surface area contributed by atoms with Crippen molar-refractivity contribution in [1.29, 1.82) is 0 Å². The summed E-state index contributed by atoms with van der Waals surface area (Å²) < 4.78 is 107. The maximum Gasteiger partial charge on any atom is 0.227 e. The number of ether oxygens (including phenoxy) is 3. The van der Waals surface area contributed by atoms with Gasteiger partial charge in [0, 0.05) is 35.0 Å². The van der Waals surface area contributed by atoms with Crippen molar-refractivity contribution in [2.45, 2.75) is 25.9 Å². The highest BCUT2D eigenvalue weighted by Gasteiger charge is 2.13. The summed E-state index contributed by atoms with van der Waals surface area (Å²) in [6, 6.07) is 12.1. The first kappa shape index (κ1) is 13.7. The van der Waals surface area contributed by atoms with E-state index in [9.17, 15) is 0 Å². The number of anilines is 2. The van der Waals surface area contributed by atoms with Gasteiger partial charge in [0.25, 0.3) is 0 Å². The number of rotatable bonds is 4. The minimum atomic E-state index is -2.79. The Morgan fingerprint density at radius 2 is 2.00 bits per heavy atom. The van der Waals surface area contributed by atoms with Gasteiger partial charge in [0.05, 0.1) is 41.6 Å². The summed E-state index contributed by atoms with van der Waals surface area (Å²) in [5.41, 5.74) is 1.04. The molecule has 0 saturated carbocycles. The fraction of sp³-hybridized carbons (Fsp3) is 0.357. The predicted molar refractivity (Wildman–Crippen MR) is 137 cm³/mol. The van der Waals surface area contributed by atoms with Gasteiger partial charge < -0.3 is 19.5 Å². The van der Waals surface area contributed by atoms with Crippen molar-refractivity contribution in [1.82, 2.24) is 14.9 Å². The molecule has 0 spiro atoms. The molecule has 0 unspecified atom stereocenters. The summed E-state index contributed by atoms with van der Waals surface area (Å²) >= 11 is 0. The zero-order chi connectivity index (χ0) is 33.5. The molecular formula is C28H32N4O3. The molecule has 1 fully saturated rings. The van der Waals surface area contributed by atoms with Crippen LogP contribution in [0.15, 0.2) is 66.9 Å². The number of likely N-dealkylation sites (tertiary alicyclic amines) is 1. The predicted octanol–water partition coefficient (Wildman–Crippen LogP) is 4.96. The first-order chi connectivity index (χ1) is 21.4. The van der Waals surface area contributed by atoms with Crippen LogP contribution in [-0.4, -0.2) is 54.3 Å². The summed E-state index contributed by atoms with van der Waals surface area (Å²) in [5, 5.41) is 2.94. The van der Waals surface area contributed by atoms with Gasteiger partial charge in [0.1, 0.15) is 12.4 Å². The normalized spacial score (nSPS) is 29.5. The third-order valence-electron chi connectivity index (χ3n) is 5.16. The Morgan fingerprint density at radius 1 is 1.06 bits per heavy atom. The van der Waals surface area contributed by atoms with Crippen LogP contribution in [0.2, 0.25) is 0 Å². The van der Waals surface area contributed by atoms with E-state index in [0.717, 1.165) is 6.08 Å². The number of nitrogens with zero attached hydrogens (tertiary/aromatic N) is 3. The number of fused-ring (bicyclic) bond motifs is 7. The summed E-state index contributed by atoms with van der Waals surface area (Å²) in [5.74, 6) is -0.00985. The first-order valence-electron chi connectivity index (χ1n) is 16.6. The zero-order valence-corrected chi connectivity index (χ0v) is 18.9. The van der Waals surface area contributed by atoms with Crippen LogP contribution >= 0.6 is 0 Å². The topological polar surface area (TPSA) is 68.7 Å². The van der Waals surface area contributed by atoms with E-state index in [1.165, 1.54) is 36.4 Å². The SMILES string of the molecule is [2H]c1cc2nc(n1)Nc1ccc(OCCN3CC([2H])([2H])C([2H])([2H])C3)c(c1)C([2H])([2H])OC([2H])([2H])/C=C/COC([2H])([2H])c1cccc-2c1. The Bertz CT molecular complexity index is 1610. The number of hydrogen-bond acceptors (Lipinski definition) is 7. The van der Waals surface area contributed by atoms with Crippen LogP contribution in [0.4, 0.5) is 11.6 Å². The molecular weight excluding hydrogens is 440 g/mol. The second-order valence-electron chi connectivity index (χ2n) is 7.67. The number of nitrogens with one attached hydrogen (secondary N) is 1. The van der Waals surface area contributed by atoms with E-state index in [1.807, 2.05) is 0 Å². The smallest absolute Gasteiger partial charge is 0.227 e.